The summed E-state index contributed by atoms with van der Waals surface area (Å²) in [5.74, 6) is -1.48. The lowest BCUT2D eigenvalue weighted by Crippen LogP contribution is -2.59. The molecule has 1 aromatic rings. The van der Waals surface area contributed by atoms with Crippen LogP contribution in [-0.2, 0) is 14.8 Å². The molecule has 1 heterocycles. The molecule has 1 atom stereocenters. The van der Waals surface area contributed by atoms with Gasteiger partial charge in [0.1, 0.15) is 11.3 Å². The Hall–Kier alpha value is -1.85. The van der Waals surface area contributed by atoms with Gasteiger partial charge in [-0.15, -0.1) is 0 Å². The number of hydrogen-bond donors (Lipinski definition) is 1. The van der Waals surface area contributed by atoms with Crippen LogP contribution in [0.3, 0.4) is 0 Å². The van der Waals surface area contributed by atoms with Gasteiger partial charge < -0.3 is 14.6 Å². The number of benzene rings is 1. The smallest absolute Gasteiger partial charge is 0.418 e. The van der Waals surface area contributed by atoms with E-state index in [1.54, 1.807) is 0 Å². The highest BCUT2D eigenvalue weighted by Gasteiger charge is 2.58. The summed E-state index contributed by atoms with van der Waals surface area (Å²) in [6.07, 6.45) is -5.15. The van der Waals surface area contributed by atoms with Crippen LogP contribution >= 0.6 is 0 Å². The highest BCUT2D eigenvalue weighted by molar-refractivity contribution is 7.89. The number of piperidine rings is 1. The lowest BCUT2D eigenvalue weighted by atomic mass is 9.93. The maximum atomic E-state index is 13.4. The van der Waals surface area contributed by atoms with Crippen molar-refractivity contribution in [1.82, 2.24) is 4.31 Å². The Morgan fingerprint density at radius 3 is 2.46 bits per heavy atom. The summed E-state index contributed by atoms with van der Waals surface area (Å²) in [5, 5.41) is 9.17. The van der Waals surface area contributed by atoms with E-state index in [1.807, 2.05) is 0 Å². The highest BCUT2D eigenvalue weighted by atomic mass is 32.2. The van der Waals surface area contributed by atoms with Gasteiger partial charge in [0.05, 0.1) is 18.6 Å². The lowest BCUT2D eigenvalue weighted by molar-refractivity contribution is -0.279. The molecule has 0 saturated carbocycles. The SMILES string of the molecule is COc1ccc(S(=O)(=O)N2CCCC(OC)(C(F)(F)F)C2)cc1C(=O)O. The average molecular weight is 397 g/mol. The Labute approximate surface area is 148 Å². The van der Waals surface area contributed by atoms with Crippen molar-refractivity contribution >= 4 is 16.0 Å². The van der Waals surface area contributed by atoms with Crippen LogP contribution in [0.2, 0.25) is 0 Å². The minimum absolute atomic E-state index is 0.0471. The van der Waals surface area contributed by atoms with Crippen LogP contribution in [0.15, 0.2) is 23.1 Å². The normalized spacial score (nSPS) is 22.2. The van der Waals surface area contributed by atoms with E-state index in [-0.39, 0.29) is 25.1 Å². The van der Waals surface area contributed by atoms with Crippen LogP contribution in [0, 0.1) is 0 Å². The molecule has 0 bridgehead atoms. The number of carbonyl (C=O) groups is 1. The van der Waals surface area contributed by atoms with Gasteiger partial charge in [0, 0.05) is 13.7 Å². The number of sulfonamides is 1. The number of methoxy groups -OCH3 is 2. The van der Waals surface area contributed by atoms with E-state index in [2.05, 4.69) is 4.74 Å². The van der Waals surface area contributed by atoms with Gasteiger partial charge in [-0.05, 0) is 31.0 Å². The predicted molar refractivity (Wildman–Crippen MR) is 83.7 cm³/mol. The zero-order valence-corrected chi connectivity index (χ0v) is 14.9. The first-order valence-electron chi connectivity index (χ1n) is 7.52. The second-order valence-corrected chi connectivity index (χ2v) is 7.74. The van der Waals surface area contributed by atoms with Crippen molar-refractivity contribution in [1.29, 1.82) is 0 Å². The van der Waals surface area contributed by atoms with Crippen molar-refractivity contribution in [3.63, 3.8) is 0 Å². The monoisotopic (exact) mass is 397 g/mol. The Kier molecular flexibility index (Phi) is 5.54. The number of carboxylic acids is 1. The van der Waals surface area contributed by atoms with Crippen molar-refractivity contribution in [3.05, 3.63) is 23.8 Å². The molecule has 1 unspecified atom stereocenters. The zero-order chi connectivity index (χ0) is 19.8. The summed E-state index contributed by atoms with van der Waals surface area (Å²) in [4.78, 5) is 10.8. The molecular weight excluding hydrogens is 379 g/mol. The van der Waals surface area contributed by atoms with Gasteiger partial charge >= 0.3 is 12.1 Å². The number of aromatic carboxylic acids is 1. The minimum atomic E-state index is -4.75. The van der Waals surface area contributed by atoms with Crippen LogP contribution in [0.4, 0.5) is 13.2 Å². The third-order valence-corrected chi connectivity index (χ3v) is 6.21. The van der Waals surface area contributed by atoms with Crippen molar-refractivity contribution in [3.8, 4) is 5.75 Å². The summed E-state index contributed by atoms with van der Waals surface area (Å²) in [6, 6.07) is 3.11. The van der Waals surface area contributed by atoms with Gasteiger partial charge in [-0.2, -0.15) is 17.5 Å². The molecule has 0 aliphatic carbocycles. The van der Waals surface area contributed by atoms with Gasteiger partial charge in [-0.1, -0.05) is 0 Å². The van der Waals surface area contributed by atoms with E-state index in [1.165, 1.54) is 7.11 Å². The fourth-order valence-electron chi connectivity index (χ4n) is 2.87. The van der Waals surface area contributed by atoms with Crippen molar-refractivity contribution in [2.75, 3.05) is 27.3 Å². The second-order valence-electron chi connectivity index (χ2n) is 5.81. The molecule has 11 heteroatoms. The van der Waals surface area contributed by atoms with Crippen molar-refractivity contribution < 1.29 is 41.0 Å². The van der Waals surface area contributed by atoms with E-state index in [0.717, 1.165) is 25.3 Å². The number of rotatable bonds is 5. The zero-order valence-electron chi connectivity index (χ0n) is 14.0. The molecular formula is C15H18F3NO6S. The summed E-state index contributed by atoms with van der Waals surface area (Å²) in [6.45, 7) is -1.03. The first-order chi connectivity index (χ1) is 12.0. The molecule has 146 valence electrons. The standard InChI is InChI=1S/C15H18F3NO6S/c1-24-12-5-4-10(8-11(12)13(20)21)26(22,23)19-7-3-6-14(9-19,25-2)15(16,17)18/h4-5,8H,3,6-7,9H2,1-2H3,(H,20,21). The van der Waals surface area contributed by atoms with E-state index in [0.29, 0.717) is 4.31 Å². The van der Waals surface area contributed by atoms with Crippen molar-refractivity contribution in [2.24, 2.45) is 0 Å². The molecule has 1 aromatic carbocycles. The molecule has 1 aliphatic rings. The Morgan fingerprint density at radius 1 is 1.31 bits per heavy atom. The van der Waals surface area contributed by atoms with E-state index in [4.69, 9.17) is 9.84 Å². The molecule has 26 heavy (non-hydrogen) atoms. The van der Waals surface area contributed by atoms with Crippen LogP contribution in [-0.4, -0.2) is 62.9 Å². The predicted octanol–water partition coefficient (Wildman–Crippen LogP) is 2.13. The molecule has 2 rings (SSSR count). The Bertz CT molecular complexity index is 795. The fraction of sp³-hybridized carbons (Fsp3) is 0.533. The third-order valence-electron chi connectivity index (χ3n) is 4.37. The molecule has 1 aliphatic heterocycles. The quantitative estimate of drug-likeness (QED) is 0.818. The summed E-state index contributed by atoms with van der Waals surface area (Å²) in [5.41, 5.74) is -3.00. The maximum absolute atomic E-state index is 13.4. The largest absolute Gasteiger partial charge is 0.496 e. The van der Waals surface area contributed by atoms with Gasteiger partial charge in [-0.25, -0.2) is 13.2 Å². The number of carboxylic acid groups (broad SMARTS) is 1. The minimum Gasteiger partial charge on any atom is -0.496 e. The molecule has 1 N–H and O–H groups in total. The van der Waals surface area contributed by atoms with Crippen LogP contribution in [0.5, 0.6) is 5.75 Å². The molecule has 0 aromatic heterocycles. The number of ether oxygens (including phenoxy) is 2. The van der Waals surface area contributed by atoms with Crippen LogP contribution in [0.25, 0.3) is 0 Å². The van der Waals surface area contributed by atoms with Gasteiger partial charge in [0.15, 0.2) is 5.60 Å². The highest BCUT2D eigenvalue weighted by Crippen LogP contribution is 2.41. The molecule has 0 amide bonds. The van der Waals surface area contributed by atoms with E-state index >= 15 is 0 Å². The lowest BCUT2D eigenvalue weighted by Gasteiger charge is -2.41. The molecule has 1 saturated heterocycles. The molecule has 0 spiro atoms. The topological polar surface area (TPSA) is 93.1 Å². The van der Waals surface area contributed by atoms with E-state index < -0.39 is 44.8 Å². The van der Waals surface area contributed by atoms with Gasteiger partial charge in [0.25, 0.3) is 0 Å². The number of halogens is 3. The number of alkyl halides is 3. The summed E-state index contributed by atoms with van der Waals surface area (Å²) >= 11 is 0. The van der Waals surface area contributed by atoms with E-state index in [9.17, 15) is 26.4 Å². The second kappa shape index (κ2) is 7.05. The molecule has 1 fully saturated rings. The summed E-state index contributed by atoms with van der Waals surface area (Å²) < 4.78 is 75.9. The average Bonchev–Trinajstić information content (AvgIpc) is 2.60. The van der Waals surface area contributed by atoms with Gasteiger partial charge in [-0.3, -0.25) is 0 Å². The van der Waals surface area contributed by atoms with Crippen molar-refractivity contribution in [2.45, 2.75) is 29.5 Å². The number of hydrogen-bond acceptors (Lipinski definition) is 5. The first-order valence-corrected chi connectivity index (χ1v) is 8.96. The fourth-order valence-corrected chi connectivity index (χ4v) is 4.42. The van der Waals surface area contributed by atoms with Crippen LogP contribution in [0.1, 0.15) is 23.2 Å². The van der Waals surface area contributed by atoms with Crippen LogP contribution < -0.4 is 4.74 Å². The third kappa shape index (κ3) is 3.51. The Morgan fingerprint density at radius 2 is 1.96 bits per heavy atom. The Balaban J connectivity index is 2.44. The maximum Gasteiger partial charge on any atom is 0.418 e. The summed E-state index contributed by atoms with van der Waals surface area (Å²) in [7, 11) is -2.24. The number of nitrogens with zero attached hydrogens (tertiary/aromatic N) is 1. The van der Waals surface area contributed by atoms with Gasteiger partial charge in [0.2, 0.25) is 10.0 Å². The molecule has 7 nitrogen and oxygen atoms in total. The molecule has 0 radical (unpaired) electrons. The first kappa shape index (κ1) is 20.5.